The van der Waals surface area contributed by atoms with E-state index < -0.39 is 0 Å². The molecule has 0 aromatic carbocycles. The minimum atomic E-state index is 0.693. The van der Waals surface area contributed by atoms with Crippen molar-refractivity contribution in [2.45, 2.75) is 45.2 Å². The predicted octanol–water partition coefficient (Wildman–Crippen LogP) is 1.49. The molecule has 0 aromatic rings. The van der Waals surface area contributed by atoms with Crippen molar-refractivity contribution in [2.75, 3.05) is 32.8 Å². The zero-order chi connectivity index (χ0) is 11.4. The maximum Gasteiger partial charge on any atom is 0.0622 e. The van der Waals surface area contributed by atoms with Gasteiger partial charge in [0.05, 0.1) is 6.61 Å². The summed E-state index contributed by atoms with van der Waals surface area (Å²) in [5.41, 5.74) is 0. The topological polar surface area (TPSA) is 24.5 Å². The molecule has 0 aromatic heterocycles. The molecule has 2 rings (SSSR count). The van der Waals surface area contributed by atoms with Crippen molar-refractivity contribution in [3.8, 4) is 0 Å². The van der Waals surface area contributed by atoms with Crippen molar-refractivity contribution in [3.05, 3.63) is 0 Å². The van der Waals surface area contributed by atoms with E-state index >= 15 is 0 Å². The van der Waals surface area contributed by atoms with E-state index in [-0.39, 0.29) is 0 Å². The summed E-state index contributed by atoms with van der Waals surface area (Å²) in [5.74, 6) is 0.759. The Labute approximate surface area is 99.5 Å². The molecule has 2 aliphatic heterocycles. The molecule has 2 fully saturated rings. The average Bonchev–Trinajstić information content (AvgIpc) is 2.77. The summed E-state index contributed by atoms with van der Waals surface area (Å²) in [6.07, 6.45) is 3.78. The summed E-state index contributed by atoms with van der Waals surface area (Å²) in [7, 11) is 0. The lowest BCUT2D eigenvalue weighted by atomic mass is 10.0. The highest BCUT2D eigenvalue weighted by Crippen LogP contribution is 2.17. The first kappa shape index (κ1) is 12.3. The lowest BCUT2D eigenvalue weighted by molar-refractivity contribution is 0.118. The molecular weight excluding hydrogens is 200 g/mol. The molecule has 16 heavy (non-hydrogen) atoms. The van der Waals surface area contributed by atoms with E-state index in [0.717, 1.165) is 19.1 Å². The van der Waals surface area contributed by atoms with E-state index in [2.05, 4.69) is 24.1 Å². The Morgan fingerprint density at radius 1 is 1.38 bits per heavy atom. The second-order valence-corrected chi connectivity index (χ2v) is 5.42. The van der Waals surface area contributed by atoms with Gasteiger partial charge < -0.3 is 10.1 Å². The van der Waals surface area contributed by atoms with Crippen LogP contribution in [0.4, 0.5) is 0 Å². The highest BCUT2D eigenvalue weighted by molar-refractivity contribution is 4.81. The molecule has 0 bridgehead atoms. The van der Waals surface area contributed by atoms with Crippen LogP contribution in [0.2, 0.25) is 0 Å². The number of nitrogens with one attached hydrogen (secondary N) is 1. The van der Waals surface area contributed by atoms with Crippen molar-refractivity contribution in [1.82, 2.24) is 10.2 Å². The van der Waals surface area contributed by atoms with E-state index in [1.165, 1.54) is 38.9 Å². The van der Waals surface area contributed by atoms with Crippen LogP contribution in [0.15, 0.2) is 0 Å². The molecule has 0 spiro atoms. The van der Waals surface area contributed by atoms with Gasteiger partial charge in [-0.05, 0) is 31.7 Å². The molecule has 3 atom stereocenters. The van der Waals surface area contributed by atoms with Gasteiger partial charge in [0, 0.05) is 31.8 Å². The summed E-state index contributed by atoms with van der Waals surface area (Å²) < 4.78 is 5.51. The van der Waals surface area contributed by atoms with E-state index in [1.807, 2.05) is 0 Å². The van der Waals surface area contributed by atoms with Gasteiger partial charge in [-0.1, -0.05) is 13.8 Å². The fourth-order valence-corrected chi connectivity index (χ4v) is 2.84. The molecule has 0 aliphatic carbocycles. The maximum atomic E-state index is 5.51. The van der Waals surface area contributed by atoms with E-state index in [1.54, 1.807) is 0 Å². The van der Waals surface area contributed by atoms with Crippen molar-refractivity contribution in [3.63, 3.8) is 0 Å². The minimum Gasteiger partial charge on any atom is -0.380 e. The third-order valence-electron chi connectivity index (χ3n) is 3.98. The number of hydrogen-bond donors (Lipinski definition) is 1. The van der Waals surface area contributed by atoms with Gasteiger partial charge in [-0.15, -0.1) is 0 Å². The lowest BCUT2D eigenvalue weighted by Crippen LogP contribution is -2.47. The van der Waals surface area contributed by atoms with Gasteiger partial charge in [0.25, 0.3) is 0 Å². The summed E-state index contributed by atoms with van der Waals surface area (Å²) in [4.78, 5) is 2.67. The van der Waals surface area contributed by atoms with Crippen LogP contribution in [0.25, 0.3) is 0 Å². The second-order valence-electron chi connectivity index (χ2n) is 5.42. The van der Waals surface area contributed by atoms with Crippen LogP contribution in [0.5, 0.6) is 0 Å². The number of nitrogens with zero attached hydrogens (tertiary/aromatic N) is 1. The van der Waals surface area contributed by atoms with Gasteiger partial charge >= 0.3 is 0 Å². The molecule has 2 aliphatic rings. The van der Waals surface area contributed by atoms with Crippen molar-refractivity contribution >= 4 is 0 Å². The van der Waals surface area contributed by atoms with Crippen LogP contribution in [0.3, 0.4) is 0 Å². The predicted molar refractivity (Wildman–Crippen MR) is 66.7 cm³/mol. The molecule has 1 N–H and O–H groups in total. The van der Waals surface area contributed by atoms with Crippen molar-refractivity contribution in [1.29, 1.82) is 0 Å². The summed E-state index contributed by atoms with van der Waals surface area (Å²) in [6.45, 7) is 10.2. The highest BCUT2D eigenvalue weighted by Gasteiger charge is 2.26. The second kappa shape index (κ2) is 5.99. The number of ether oxygens (including phenoxy) is 1. The van der Waals surface area contributed by atoms with Gasteiger partial charge in [-0.2, -0.15) is 0 Å². The number of hydrogen-bond acceptors (Lipinski definition) is 3. The zero-order valence-electron chi connectivity index (χ0n) is 10.7. The first-order valence-electron chi connectivity index (χ1n) is 6.84. The van der Waals surface area contributed by atoms with Crippen LogP contribution in [0, 0.1) is 5.92 Å². The van der Waals surface area contributed by atoms with Crippen LogP contribution < -0.4 is 5.32 Å². The maximum absolute atomic E-state index is 5.51. The summed E-state index contributed by atoms with van der Waals surface area (Å²) in [5, 5.41) is 3.67. The van der Waals surface area contributed by atoms with Gasteiger partial charge in [-0.25, -0.2) is 0 Å². The van der Waals surface area contributed by atoms with Gasteiger partial charge in [0.15, 0.2) is 0 Å². The molecule has 0 saturated carbocycles. The quantitative estimate of drug-likeness (QED) is 0.772. The van der Waals surface area contributed by atoms with Crippen LogP contribution in [-0.2, 0) is 4.74 Å². The average molecular weight is 226 g/mol. The SMILES string of the molecule is CCC1CCN(C2CCOC2)CC(C)CN1. The third-order valence-corrected chi connectivity index (χ3v) is 3.98. The van der Waals surface area contributed by atoms with E-state index in [9.17, 15) is 0 Å². The molecular formula is C13H26N2O. The van der Waals surface area contributed by atoms with Crippen LogP contribution in [0.1, 0.15) is 33.1 Å². The monoisotopic (exact) mass is 226 g/mol. The molecule has 94 valence electrons. The highest BCUT2D eigenvalue weighted by atomic mass is 16.5. The molecule has 2 heterocycles. The normalized spacial score (nSPS) is 38.2. The Bertz CT molecular complexity index is 204. The molecule has 0 radical (unpaired) electrons. The zero-order valence-corrected chi connectivity index (χ0v) is 10.7. The Morgan fingerprint density at radius 2 is 2.25 bits per heavy atom. The van der Waals surface area contributed by atoms with Gasteiger partial charge in [0.2, 0.25) is 0 Å². The summed E-state index contributed by atoms with van der Waals surface area (Å²) in [6, 6.07) is 1.41. The summed E-state index contributed by atoms with van der Waals surface area (Å²) >= 11 is 0. The first-order valence-corrected chi connectivity index (χ1v) is 6.84. The fraction of sp³-hybridized carbons (Fsp3) is 1.00. The molecule has 3 heteroatoms. The molecule has 2 saturated heterocycles. The molecule has 0 amide bonds. The lowest BCUT2D eigenvalue weighted by Gasteiger charge is -2.35. The van der Waals surface area contributed by atoms with Gasteiger partial charge in [-0.3, -0.25) is 4.90 Å². The largest absolute Gasteiger partial charge is 0.380 e. The molecule has 3 nitrogen and oxygen atoms in total. The third kappa shape index (κ3) is 3.19. The van der Waals surface area contributed by atoms with Crippen molar-refractivity contribution < 1.29 is 4.74 Å². The Kier molecular flexibility index (Phi) is 4.62. The standard InChI is InChI=1S/C13H26N2O/c1-3-12-4-6-15(9-11(2)8-14-12)13-5-7-16-10-13/h11-14H,3-10H2,1-2H3. The Balaban J connectivity index is 1.90. The number of rotatable bonds is 2. The first-order chi connectivity index (χ1) is 7.79. The van der Waals surface area contributed by atoms with Crippen LogP contribution in [-0.4, -0.2) is 49.8 Å². The Hall–Kier alpha value is -0.120. The van der Waals surface area contributed by atoms with E-state index in [4.69, 9.17) is 4.74 Å². The Morgan fingerprint density at radius 3 is 2.94 bits per heavy atom. The van der Waals surface area contributed by atoms with Crippen molar-refractivity contribution in [2.24, 2.45) is 5.92 Å². The fourth-order valence-electron chi connectivity index (χ4n) is 2.84. The van der Waals surface area contributed by atoms with Crippen LogP contribution >= 0.6 is 0 Å². The minimum absolute atomic E-state index is 0.693. The smallest absolute Gasteiger partial charge is 0.0622 e. The van der Waals surface area contributed by atoms with E-state index in [0.29, 0.717) is 12.1 Å². The molecule has 3 unspecified atom stereocenters. The van der Waals surface area contributed by atoms with Gasteiger partial charge in [0.1, 0.15) is 0 Å².